The van der Waals surface area contributed by atoms with Gasteiger partial charge in [-0.05, 0) is 6.08 Å². The SMILES string of the molecule is CC12C=CC(=O)C(O)(CCl)C1C1(C)C=CC2C(=O)C1(O)CCl. The first-order valence-corrected chi connectivity index (χ1v) is 8.23. The smallest absolute Gasteiger partial charge is 0.188 e. The number of halogens is 2. The van der Waals surface area contributed by atoms with Gasteiger partial charge in [0, 0.05) is 22.7 Å². The molecular weight excluding hydrogens is 327 g/mol. The number of carbonyl (C=O) groups is 2. The number of aliphatic hydroxyl groups is 2. The molecule has 4 aliphatic carbocycles. The molecule has 120 valence electrons. The Labute approximate surface area is 138 Å². The molecule has 6 atom stereocenters. The molecule has 0 spiro atoms. The second-order valence-electron chi connectivity index (χ2n) is 7.03. The Balaban J connectivity index is 2.34. The molecule has 0 aromatic carbocycles. The van der Waals surface area contributed by atoms with Crippen LogP contribution in [0.5, 0.6) is 0 Å². The van der Waals surface area contributed by atoms with Gasteiger partial charge in [0.25, 0.3) is 0 Å². The van der Waals surface area contributed by atoms with Gasteiger partial charge < -0.3 is 10.2 Å². The molecule has 0 aromatic heterocycles. The molecule has 1 saturated carbocycles. The van der Waals surface area contributed by atoms with Gasteiger partial charge in [-0.3, -0.25) is 9.59 Å². The summed E-state index contributed by atoms with van der Waals surface area (Å²) in [6, 6.07) is 0. The topological polar surface area (TPSA) is 74.6 Å². The van der Waals surface area contributed by atoms with Crippen LogP contribution in [0.15, 0.2) is 24.3 Å². The van der Waals surface area contributed by atoms with Gasteiger partial charge in [-0.2, -0.15) is 0 Å². The van der Waals surface area contributed by atoms with Crippen molar-refractivity contribution in [1.82, 2.24) is 0 Å². The minimum absolute atomic E-state index is 0.300. The molecule has 4 aliphatic rings. The van der Waals surface area contributed by atoms with Crippen molar-refractivity contribution >= 4 is 34.8 Å². The number of hydrogen-bond acceptors (Lipinski definition) is 4. The van der Waals surface area contributed by atoms with E-state index >= 15 is 0 Å². The molecule has 2 bridgehead atoms. The predicted octanol–water partition coefficient (Wildman–Crippen LogP) is 1.46. The Morgan fingerprint density at radius 2 is 1.77 bits per heavy atom. The van der Waals surface area contributed by atoms with Crippen LogP contribution in [-0.4, -0.2) is 44.7 Å². The summed E-state index contributed by atoms with van der Waals surface area (Å²) in [4.78, 5) is 25.1. The predicted molar refractivity (Wildman–Crippen MR) is 82.8 cm³/mol. The van der Waals surface area contributed by atoms with Gasteiger partial charge in [0.1, 0.15) is 11.2 Å². The standard InChI is InChI=1S/C16H18Cl2O4/c1-13-5-4-10(19)15(21,7-17)12(13)14(2)6-3-9(13)11(20)16(14,22)8-18/h3-6,9,12,21-22H,7-8H2,1-2H3. The number of Topliss-reactive ketones (excluding diaryl/α,β-unsaturated/α-hetero) is 1. The highest BCUT2D eigenvalue weighted by atomic mass is 35.5. The van der Waals surface area contributed by atoms with Crippen LogP contribution in [0.25, 0.3) is 0 Å². The molecule has 0 saturated heterocycles. The fraction of sp³-hybridized carbons (Fsp3) is 0.625. The number of fused-ring (bicyclic) bond motifs is 1. The number of alkyl halides is 2. The van der Waals surface area contributed by atoms with Crippen molar-refractivity contribution in [2.24, 2.45) is 22.7 Å². The van der Waals surface area contributed by atoms with Crippen molar-refractivity contribution in [3.8, 4) is 0 Å². The Hall–Kier alpha value is -0.680. The fourth-order valence-electron chi connectivity index (χ4n) is 4.80. The maximum absolute atomic E-state index is 12.8. The van der Waals surface area contributed by atoms with Crippen LogP contribution < -0.4 is 0 Å². The summed E-state index contributed by atoms with van der Waals surface area (Å²) in [5.41, 5.74) is -5.65. The first kappa shape index (κ1) is 16.2. The number of hydrogen-bond donors (Lipinski definition) is 2. The highest BCUT2D eigenvalue weighted by Crippen LogP contribution is 2.66. The Kier molecular flexibility index (Phi) is 3.27. The van der Waals surface area contributed by atoms with Gasteiger partial charge in [-0.1, -0.05) is 32.1 Å². The largest absolute Gasteiger partial charge is 0.380 e. The van der Waals surface area contributed by atoms with Crippen molar-refractivity contribution in [2.45, 2.75) is 25.0 Å². The first-order valence-electron chi connectivity index (χ1n) is 7.16. The normalized spacial score (nSPS) is 53.0. The lowest BCUT2D eigenvalue weighted by Crippen LogP contribution is -2.76. The minimum atomic E-state index is -1.84. The molecule has 22 heavy (non-hydrogen) atoms. The van der Waals surface area contributed by atoms with E-state index in [-0.39, 0.29) is 17.5 Å². The maximum atomic E-state index is 12.8. The summed E-state index contributed by atoms with van der Waals surface area (Å²) < 4.78 is 0. The van der Waals surface area contributed by atoms with Crippen LogP contribution in [0, 0.1) is 22.7 Å². The van der Waals surface area contributed by atoms with E-state index in [9.17, 15) is 19.8 Å². The minimum Gasteiger partial charge on any atom is -0.380 e. The van der Waals surface area contributed by atoms with Crippen LogP contribution in [0.4, 0.5) is 0 Å². The third kappa shape index (κ3) is 1.47. The molecule has 0 radical (unpaired) electrons. The fourth-order valence-corrected chi connectivity index (χ4v) is 5.51. The summed E-state index contributed by atoms with van der Waals surface area (Å²) in [7, 11) is 0. The number of rotatable bonds is 2. The van der Waals surface area contributed by atoms with E-state index in [2.05, 4.69) is 0 Å². The van der Waals surface area contributed by atoms with E-state index < -0.39 is 39.7 Å². The van der Waals surface area contributed by atoms with E-state index in [0.29, 0.717) is 0 Å². The zero-order valence-corrected chi connectivity index (χ0v) is 13.9. The Bertz CT molecular complexity index is 630. The van der Waals surface area contributed by atoms with E-state index in [1.165, 1.54) is 6.08 Å². The van der Waals surface area contributed by atoms with Gasteiger partial charge in [0.2, 0.25) is 0 Å². The number of allylic oxidation sites excluding steroid dienone is 2. The third-order valence-electron chi connectivity index (χ3n) is 6.00. The molecule has 6 unspecified atom stereocenters. The zero-order valence-electron chi connectivity index (χ0n) is 12.3. The summed E-state index contributed by atoms with van der Waals surface area (Å²) >= 11 is 11.9. The van der Waals surface area contributed by atoms with Crippen LogP contribution >= 0.6 is 23.2 Å². The molecule has 0 aliphatic heterocycles. The Morgan fingerprint density at radius 1 is 1.14 bits per heavy atom. The number of ketones is 2. The van der Waals surface area contributed by atoms with Crippen molar-refractivity contribution < 1.29 is 19.8 Å². The molecular formula is C16H18Cl2O4. The third-order valence-corrected chi connectivity index (χ3v) is 6.80. The summed E-state index contributed by atoms with van der Waals surface area (Å²) in [5.74, 6) is -2.87. The Morgan fingerprint density at radius 3 is 2.32 bits per heavy atom. The van der Waals surface area contributed by atoms with Gasteiger partial charge >= 0.3 is 0 Å². The van der Waals surface area contributed by atoms with Gasteiger partial charge in [0.05, 0.1) is 11.8 Å². The lowest BCUT2D eigenvalue weighted by molar-refractivity contribution is -0.208. The first-order chi connectivity index (χ1) is 10.1. The van der Waals surface area contributed by atoms with Crippen LogP contribution in [-0.2, 0) is 9.59 Å². The second-order valence-corrected chi connectivity index (χ2v) is 7.57. The lowest BCUT2D eigenvalue weighted by Gasteiger charge is -2.66. The zero-order chi connectivity index (χ0) is 16.6. The molecule has 4 nitrogen and oxygen atoms in total. The summed E-state index contributed by atoms with van der Waals surface area (Å²) in [6.45, 7) is 3.47. The van der Waals surface area contributed by atoms with Gasteiger partial charge in [0.15, 0.2) is 11.6 Å². The van der Waals surface area contributed by atoms with E-state index in [0.717, 1.165) is 0 Å². The molecule has 6 heteroatoms. The molecule has 0 aromatic rings. The van der Waals surface area contributed by atoms with Crippen LogP contribution in [0.1, 0.15) is 13.8 Å². The highest BCUT2D eigenvalue weighted by Gasteiger charge is 2.74. The molecule has 4 rings (SSSR count). The highest BCUT2D eigenvalue weighted by molar-refractivity contribution is 6.22. The van der Waals surface area contributed by atoms with Crippen molar-refractivity contribution in [3.05, 3.63) is 24.3 Å². The summed E-state index contributed by atoms with van der Waals surface area (Å²) in [5, 5.41) is 21.9. The van der Waals surface area contributed by atoms with E-state index in [4.69, 9.17) is 23.2 Å². The average Bonchev–Trinajstić information content (AvgIpc) is 2.48. The van der Waals surface area contributed by atoms with Crippen molar-refractivity contribution in [2.75, 3.05) is 11.8 Å². The van der Waals surface area contributed by atoms with Crippen molar-refractivity contribution in [1.29, 1.82) is 0 Å². The molecule has 1 fully saturated rings. The average molecular weight is 345 g/mol. The lowest BCUT2D eigenvalue weighted by atomic mass is 9.38. The maximum Gasteiger partial charge on any atom is 0.188 e. The summed E-state index contributed by atoms with van der Waals surface area (Å²) in [6.07, 6.45) is 6.41. The number of carbonyl (C=O) groups excluding carboxylic acids is 2. The van der Waals surface area contributed by atoms with E-state index in [1.807, 2.05) is 6.92 Å². The van der Waals surface area contributed by atoms with Gasteiger partial charge in [-0.15, -0.1) is 23.2 Å². The monoisotopic (exact) mass is 344 g/mol. The van der Waals surface area contributed by atoms with Gasteiger partial charge in [-0.25, -0.2) is 0 Å². The second kappa shape index (κ2) is 4.44. The molecule has 0 heterocycles. The van der Waals surface area contributed by atoms with Crippen LogP contribution in [0.3, 0.4) is 0 Å². The quantitative estimate of drug-likeness (QED) is 0.587. The molecule has 2 N–H and O–H groups in total. The van der Waals surface area contributed by atoms with Crippen LogP contribution in [0.2, 0.25) is 0 Å². The molecule has 0 amide bonds. The van der Waals surface area contributed by atoms with E-state index in [1.54, 1.807) is 25.2 Å². The van der Waals surface area contributed by atoms with Crippen molar-refractivity contribution in [3.63, 3.8) is 0 Å².